The lowest BCUT2D eigenvalue weighted by molar-refractivity contribution is 0.432. The summed E-state index contributed by atoms with van der Waals surface area (Å²) >= 11 is 1.22. The fourth-order valence-electron chi connectivity index (χ4n) is 2.00. The Morgan fingerprint density at radius 3 is 2.78 bits per heavy atom. The van der Waals surface area contributed by atoms with Gasteiger partial charge in [0.05, 0.1) is 6.20 Å². The van der Waals surface area contributed by atoms with E-state index < -0.39 is 10.0 Å². The van der Waals surface area contributed by atoms with Crippen molar-refractivity contribution in [1.82, 2.24) is 9.46 Å². The van der Waals surface area contributed by atoms with Gasteiger partial charge in [-0.25, -0.2) is 8.42 Å². The molecule has 0 radical (unpaired) electrons. The highest BCUT2D eigenvalue weighted by Crippen LogP contribution is 2.31. The molecule has 1 saturated heterocycles. The van der Waals surface area contributed by atoms with Crippen LogP contribution in [0.1, 0.15) is 12.8 Å². The van der Waals surface area contributed by atoms with Gasteiger partial charge in [0.1, 0.15) is 4.21 Å². The lowest BCUT2D eigenvalue weighted by atomic mass is 10.3. The SMILES string of the molecule is O=S(=O)(c1cc(-c2ccno2)cs1)N1CCCC1. The van der Waals surface area contributed by atoms with Crippen molar-refractivity contribution < 1.29 is 12.9 Å². The summed E-state index contributed by atoms with van der Waals surface area (Å²) in [4.78, 5) is 0. The molecule has 7 heteroatoms. The molecule has 2 aromatic rings. The van der Waals surface area contributed by atoms with Crippen molar-refractivity contribution in [2.75, 3.05) is 13.1 Å². The van der Waals surface area contributed by atoms with E-state index in [0.29, 0.717) is 23.1 Å². The van der Waals surface area contributed by atoms with Crippen LogP contribution in [-0.4, -0.2) is 31.0 Å². The number of nitrogens with zero attached hydrogens (tertiary/aromatic N) is 2. The number of hydrogen-bond acceptors (Lipinski definition) is 5. The number of thiophene rings is 1. The third kappa shape index (κ3) is 1.98. The van der Waals surface area contributed by atoms with E-state index in [1.807, 2.05) is 0 Å². The Morgan fingerprint density at radius 1 is 1.33 bits per heavy atom. The first-order valence-electron chi connectivity index (χ1n) is 5.68. The van der Waals surface area contributed by atoms with Crippen molar-refractivity contribution in [3.8, 4) is 11.3 Å². The number of aromatic nitrogens is 1. The first kappa shape index (κ1) is 11.9. The summed E-state index contributed by atoms with van der Waals surface area (Å²) in [6.07, 6.45) is 3.43. The normalized spacial score (nSPS) is 17.3. The van der Waals surface area contributed by atoms with Gasteiger partial charge in [0.25, 0.3) is 10.0 Å². The molecule has 0 N–H and O–H groups in total. The van der Waals surface area contributed by atoms with E-state index in [9.17, 15) is 8.42 Å². The number of sulfonamides is 1. The summed E-state index contributed by atoms with van der Waals surface area (Å²) in [6.45, 7) is 1.25. The lowest BCUT2D eigenvalue weighted by Gasteiger charge is -2.13. The first-order chi connectivity index (χ1) is 8.68. The fourth-order valence-corrected chi connectivity index (χ4v) is 4.84. The highest BCUT2D eigenvalue weighted by molar-refractivity contribution is 7.91. The van der Waals surface area contributed by atoms with Gasteiger partial charge in [0.2, 0.25) is 0 Å². The molecule has 0 bridgehead atoms. The lowest BCUT2D eigenvalue weighted by Crippen LogP contribution is -2.27. The molecule has 0 atom stereocenters. The maximum atomic E-state index is 12.3. The van der Waals surface area contributed by atoms with Crippen molar-refractivity contribution in [3.05, 3.63) is 23.7 Å². The minimum Gasteiger partial charge on any atom is -0.356 e. The summed E-state index contributed by atoms with van der Waals surface area (Å²) < 4.78 is 31.5. The van der Waals surface area contributed by atoms with Crippen LogP contribution >= 0.6 is 11.3 Å². The van der Waals surface area contributed by atoms with Crippen LogP contribution in [0.4, 0.5) is 0 Å². The maximum Gasteiger partial charge on any atom is 0.252 e. The molecule has 0 spiro atoms. The van der Waals surface area contributed by atoms with Gasteiger partial charge in [-0.2, -0.15) is 4.31 Å². The van der Waals surface area contributed by atoms with Crippen molar-refractivity contribution in [3.63, 3.8) is 0 Å². The van der Waals surface area contributed by atoms with Crippen LogP contribution in [0, 0.1) is 0 Å². The van der Waals surface area contributed by atoms with Crippen LogP contribution in [0.3, 0.4) is 0 Å². The molecule has 5 nitrogen and oxygen atoms in total. The first-order valence-corrected chi connectivity index (χ1v) is 7.99. The maximum absolute atomic E-state index is 12.3. The molecular formula is C11H12N2O3S2. The van der Waals surface area contributed by atoms with Crippen LogP contribution in [-0.2, 0) is 10.0 Å². The topological polar surface area (TPSA) is 63.4 Å². The molecule has 3 rings (SSSR count). The Labute approximate surface area is 109 Å². The second-order valence-electron chi connectivity index (χ2n) is 4.14. The molecule has 0 saturated carbocycles. The molecule has 3 heterocycles. The molecule has 96 valence electrons. The summed E-state index contributed by atoms with van der Waals surface area (Å²) in [5.74, 6) is 0.592. The minimum atomic E-state index is -3.32. The van der Waals surface area contributed by atoms with Crippen molar-refractivity contribution in [2.24, 2.45) is 0 Å². The summed E-state index contributed by atoms with van der Waals surface area (Å²) in [5.41, 5.74) is 0.760. The average Bonchev–Trinajstić information content (AvgIpc) is 3.12. The molecule has 0 unspecified atom stereocenters. The van der Waals surface area contributed by atoms with Crippen LogP contribution in [0.15, 0.2) is 32.4 Å². The molecule has 0 aliphatic carbocycles. The summed E-state index contributed by atoms with van der Waals surface area (Å²) in [5, 5.41) is 5.40. The number of hydrogen-bond donors (Lipinski definition) is 0. The van der Waals surface area contributed by atoms with Crippen molar-refractivity contribution >= 4 is 21.4 Å². The third-order valence-corrected chi connectivity index (χ3v) is 6.27. The quantitative estimate of drug-likeness (QED) is 0.866. The van der Waals surface area contributed by atoms with Crippen LogP contribution in [0.2, 0.25) is 0 Å². The van der Waals surface area contributed by atoms with Gasteiger partial charge in [-0.05, 0) is 18.9 Å². The fraction of sp³-hybridized carbons (Fsp3) is 0.364. The Balaban J connectivity index is 1.93. The zero-order chi connectivity index (χ0) is 12.6. The molecule has 0 amide bonds. The van der Waals surface area contributed by atoms with Gasteiger partial charge < -0.3 is 4.52 Å². The van der Waals surface area contributed by atoms with E-state index in [-0.39, 0.29) is 0 Å². The predicted octanol–water partition coefficient (Wildman–Crippen LogP) is 2.19. The van der Waals surface area contributed by atoms with Crippen molar-refractivity contribution in [1.29, 1.82) is 0 Å². The third-order valence-electron chi connectivity index (χ3n) is 2.96. The Hall–Kier alpha value is -1.18. The van der Waals surface area contributed by atoms with Crippen LogP contribution in [0.5, 0.6) is 0 Å². The highest BCUT2D eigenvalue weighted by Gasteiger charge is 2.28. The van der Waals surface area contributed by atoms with Gasteiger partial charge in [-0.1, -0.05) is 5.16 Å². The average molecular weight is 284 g/mol. The second kappa shape index (κ2) is 4.49. The Kier molecular flexibility index (Phi) is 2.96. The van der Waals surface area contributed by atoms with Gasteiger partial charge in [0, 0.05) is 30.1 Å². The van der Waals surface area contributed by atoms with E-state index in [1.54, 1.807) is 28.0 Å². The van der Waals surface area contributed by atoms with Crippen LogP contribution in [0.25, 0.3) is 11.3 Å². The molecule has 1 aliphatic heterocycles. The Morgan fingerprint density at radius 2 is 2.11 bits per heavy atom. The standard InChI is InChI=1S/C11H12N2O3S2/c14-18(15,13-5-1-2-6-13)11-7-9(8-17-11)10-3-4-12-16-10/h3-4,7-8H,1-2,5-6H2. The molecule has 2 aromatic heterocycles. The minimum absolute atomic E-state index is 0.371. The zero-order valence-electron chi connectivity index (χ0n) is 9.57. The second-order valence-corrected chi connectivity index (χ2v) is 7.22. The molecule has 1 aliphatic rings. The van der Waals surface area contributed by atoms with E-state index >= 15 is 0 Å². The summed E-state index contributed by atoms with van der Waals surface area (Å²) in [7, 11) is -3.32. The smallest absolute Gasteiger partial charge is 0.252 e. The predicted molar refractivity (Wildman–Crippen MR) is 67.8 cm³/mol. The van der Waals surface area contributed by atoms with E-state index in [1.165, 1.54) is 11.3 Å². The Bertz CT molecular complexity index is 625. The number of rotatable bonds is 3. The largest absolute Gasteiger partial charge is 0.356 e. The monoisotopic (exact) mass is 284 g/mol. The van der Waals surface area contributed by atoms with E-state index in [0.717, 1.165) is 18.4 Å². The van der Waals surface area contributed by atoms with Gasteiger partial charge >= 0.3 is 0 Å². The van der Waals surface area contributed by atoms with Gasteiger partial charge in [-0.3, -0.25) is 0 Å². The van der Waals surface area contributed by atoms with E-state index in [4.69, 9.17) is 4.52 Å². The molecular weight excluding hydrogens is 272 g/mol. The molecule has 0 aromatic carbocycles. The zero-order valence-corrected chi connectivity index (χ0v) is 11.2. The van der Waals surface area contributed by atoms with Gasteiger partial charge in [0.15, 0.2) is 5.76 Å². The van der Waals surface area contributed by atoms with Crippen molar-refractivity contribution in [2.45, 2.75) is 17.1 Å². The van der Waals surface area contributed by atoms with Crippen LogP contribution < -0.4 is 0 Å². The summed E-state index contributed by atoms with van der Waals surface area (Å²) in [6, 6.07) is 3.37. The molecule has 1 fully saturated rings. The molecule has 18 heavy (non-hydrogen) atoms. The van der Waals surface area contributed by atoms with E-state index in [2.05, 4.69) is 5.16 Å². The van der Waals surface area contributed by atoms with Gasteiger partial charge in [-0.15, -0.1) is 11.3 Å². The highest BCUT2D eigenvalue weighted by atomic mass is 32.2.